The number of nitrogens with zero attached hydrogens (tertiary/aromatic N) is 1. The first-order valence-electron chi connectivity index (χ1n) is 9.84. The summed E-state index contributed by atoms with van der Waals surface area (Å²) < 4.78 is 36.1. The van der Waals surface area contributed by atoms with Crippen LogP contribution in [0.1, 0.15) is 45.6 Å². The molecular formula is C20H30N2O6S. The van der Waals surface area contributed by atoms with Gasteiger partial charge in [0, 0.05) is 19.5 Å². The average Bonchev–Trinajstić information content (AvgIpc) is 3.02. The second-order valence-corrected chi connectivity index (χ2v) is 10.5. The Morgan fingerprint density at radius 2 is 1.83 bits per heavy atom. The van der Waals surface area contributed by atoms with Crippen molar-refractivity contribution in [2.24, 2.45) is 0 Å². The van der Waals surface area contributed by atoms with Crippen LogP contribution in [-0.4, -0.2) is 56.4 Å². The van der Waals surface area contributed by atoms with Gasteiger partial charge in [0.1, 0.15) is 11.7 Å². The van der Waals surface area contributed by atoms with Crippen molar-refractivity contribution in [2.45, 2.75) is 69.2 Å². The zero-order valence-corrected chi connectivity index (χ0v) is 18.3. The molecule has 29 heavy (non-hydrogen) atoms. The fourth-order valence-corrected chi connectivity index (χ4v) is 4.40. The van der Waals surface area contributed by atoms with E-state index in [1.807, 2.05) is 27.7 Å². The van der Waals surface area contributed by atoms with Gasteiger partial charge in [0.25, 0.3) is 10.0 Å². The molecular weight excluding hydrogens is 396 g/mol. The van der Waals surface area contributed by atoms with Crippen LogP contribution in [0.2, 0.25) is 0 Å². The lowest BCUT2D eigenvalue weighted by Crippen LogP contribution is -2.48. The highest BCUT2D eigenvalue weighted by molar-refractivity contribution is 7.89. The van der Waals surface area contributed by atoms with Gasteiger partial charge in [0.2, 0.25) is 0 Å². The summed E-state index contributed by atoms with van der Waals surface area (Å²) in [5, 5.41) is 0. The van der Waals surface area contributed by atoms with Crippen molar-refractivity contribution >= 4 is 16.1 Å². The lowest BCUT2D eigenvalue weighted by Gasteiger charge is -2.38. The zero-order valence-electron chi connectivity index (χ0n) is 17.4. The maximum atomic E-state index is 12.4. The summed E-state index contributed by atoms with van der Waals surface area (Å²) >= 11 is 0. The van der Waals surface area contributed by atoms with Gasteiger partial charge >= 0.3 is 6.09 Å². The number of piperidine rings is 1. The lowest BCUT2D eigenvalue weighted by atomic mass is 9.88. The molecule has 1 aromatic rings. The molecule has 162 valence electrons. The molecule has 0 bridgehead atoms. The van der Waals surface area contributed by atoms with Crippen LogP contribution in [0.15, 0.2) is 29.2 Å². The maximum absolute atomic E-state index is 12.4. The first-order valence-corrected chi connectivity index (χ1v) is 11.3. The van der Waals surface area contributed by atoms with Gasteiger partial charge < -0.3 is 14.4 Å². The fourth-order valence-electron chi connectivity index (χ4n) is 3.55. The van der Waals surface area contributed by atoms with Gasteiger partial charge in [0.15, 0.2) is 0 Å². The summed E-state index contributed by atoms with van der Waals surface area (Å²) in [6.07, 6.45) is 1.21. The van der Waals surface area contributed by atoms with Crippen molar-refractivity contribution in [1.29, 1.82) is 0 Å². The molecule has 1 N–H and O–H groups in total. The SMILES string of the molecule is Cc1ccc(S(=O)(=O)NO[C@@H]2COC3(CCN(C(=O)OC(C)(C)C)CC3)C2)cc1. The second-order valence-electron chi connectivity index (χ2n) is 8.81. The topological polar surface area (TPSA) is 94.2 Å². The quantitative estimate of drug-likeness (QED) is 0.744. The van der Waals surface area contributed by atoms with Crippen molar-refractivity contribution in [3.05, 3.63) is 29.8 Å². The summed E-state index contributed by atoms with van der Waals surface area (Å²) in [5.74, 6) is 0. The molecule has 0 aromatic heterocycles. The van der Waals surface area contributed by atoms with Gasteiger partial charge in [-0.25, -0.2) is 13.2 Å². The van der Waals surface area contributed by atoms with Crippen molar-refractivity contribution in [1.82, 2.24) is 9.79 Å². The van der Waals surface area contributed by atoms with E-state index in [0.717, 1.165) is 5.56 Å². The van der Waals surface area contributed by atoms with E-state index >= 15 is 0 Å². The summed E-state index contributed by atoms with van der Waals surface area (Å²) in [6.45, 7) is 8.81. The molecule has 2 aliphatic heterocycles. The number of hydrogen-bond acceptors (Lipinski definition) is 6. The molecule has 2 heterocycles. The smallest absolute Gasteiger partial charge is 0.410 e. The molecule has 0 saturated carbocycles. The molecule has 2 saturated heterocycles. The molecule has 3 rings (SSSR count). The Hall–Kier alpha value is -1.68. The third-order valence-electron chi connectivity index (χ3n) is 5.16. The van der Waals surface area contributed by atoms with Crippen LogP contribution in [0.3, 0.4) is 0 Å². The van der Waals surface area contributed by atoms with Crippen LogP contribution < -0.4 is 4.89 Å². The van der Waals surface area contributed by atoms with E-state index < -0.39 is 21.2 Å². The molecule has 2 fully saturated rings. The Labute approximate surface area is 172 Å². The third kappa shape index (κ3) is 5.69. The normalized spacial score (nSPS) is 22.1. The van der Waals surface area contributed by atoms with Crippen LogP contribution in [0.5, 0.6) is 0 Å². The van der Waals surface area contributed by atoms with E-state index in [2.05, 4.69) is 4.89 Å². The van der Waals surface area contributed by atoms with E-state index in [0.29, 0.717) is 39.0 Å². The molecule has 1 atom stereocenters. The van der Waals surface area contributed by atoms with Gasteiger partial charge in [-0.05, 0) is 52.7 Å². The number of sulfonamides is 1. The van der Waals surface area contributed by atoms with Crippen LogP contribution in [0.25, 0.3) is 0 Å². The maximum Gasteiger partial charge on any atom is 0.410 e. The number of hydrogen-bond donors (Lipinski definition) is 1. The number of carbonyl (C=O) groups is 1. The number of ether oxygens (including phenoxy) is 2. The van der Waals surface area contributed by atoms with E-state index in [-0.39, 0.29) is 17.1 Å². The van der Waals surface area contributed by atoms with Crippen molar-refractivity contribution < 1.29 is 27.5 Å². The van der Waals surface area contributed by atoms with E-state index in [1.54, 1.807) is 29.2 Å². The molecule has 1 spiro atoms. The van der Waals surface area contributed by atoms with Crippen molar-refractivity contribution in [3.63, 3.8) is 0 Å². The molecule has 1 amide bonds. The van der Waals surface area contributed by atoms with Gasteiger partial charge in [-0.15, -0.1) is 0 Å². The molecule has 0 radical (unpaired) electrons. The first kappa shape index (κ1) is 22.0. The Kier molecular flexibility index (Phi) is 6.24. The van der Waals surface area contributed by atoms with E-state index in [4.69, 9.17) is 14.3 Å². The number of benzene rings is 1. The lowest BCUT2D eigenvalue weighted by molar-refractivity contribution is -0.0505. The number of rotatable bonds is 4. The summed E-state index contributed by atoms with van der Waals surface area (Å²) in [7, 11) is -3.74. The number of likely N-dealkylation sites (tertiary alicyclic amines) is 1. The molecule has 8 nitrogen and oxygen atoms in total. The number of aryl methyl sites for hydroxylation is 1. The Morgan fingerprint density at radius 1 is 1.21 bits per heavy atom. The van der Waals surface area contributed by atoms with Crippen LogP contribution in [0.4, 0.5) is 4.79 Å². The number of amides is 1. The van der Waals surface area contributed by atoms with Crippen LogP contribution in [0, 0.1) is 6.92 Å². The zero-order chi connectivity index (χ0) is 21.3. The molecule has 9 heteroatoms. The minimum absolute atomic E-state index is 0.155. The average molecular weight is 427 g/mol. The highest BCUT2D eigenvalue weighted by atomic mass is 32.2. The van der Waals surface area contributed by atoms with Crippen molar-refractivity contribution in [2.75, 3.05) is 19.7 Å². The Bertz CT molecular complexity index is 824. The molecule has 2 aliphatic rings. The predicted molar refractivity (Wildman–Crippen MR) is 107 cm³/mol. The van der Waals surface area contributed by atoms with Gasteiger partial charge in [-0.3, -0.25) is 4.84 Å². The standard InChI is InChI=1S/C20H30N2O6S/c1-15-5-7-17(8-6-15)29(24,25)21-28-16-13-20(26-14-16)9-11-22(12-10-20)18(23)27-19(2,3)4/h5-8,16,21H,9-14H2,1-4H3/t16-/m0/s1. The highest BCUT2D eigenvalue weighted by Crippen LogP contribution is 2.37. The van der Waals surface area contributed by atoms with E-state index in [1.165, 1.54) is 0 Å². The van der Waals surface area contributed by atoms with Gasteiger partial charge in [-0.1, -0.05) is 22.6 Å². The predicted octanol–water partition coefficient (Wildman–Crippen LogP) is 2.76. The highest BCUT2D eigenvalue weighted by Gasteiger charge is 2.45. The summed E-state index contributed by atoms with van der Waals surface area (Å²) in [6, 6.07) is 6.56. The van der Waals surface area contributed by atoms with Gasteiger partial charge in [0.05, 0.1) is 17.1 Å². The monoisotopic (exact) mass is 426 g/mol. The third-order valence-corrected chi connectivity index (χ3v) is 6.37. The first-order chi connectivity index (χ1) is 13.5. The molecule has 0 aliphatic carbocycles. The fraction of sp³-hybridized carbons (Fsp3) is 0.650. The number of nitrogens with one attached hydrogen (secondary N) is 1. The minimum Gasteiger partial charge on any atom is -0.444 e. The molecule has 0 unspecified atom stereocenters. The van der Waals surface area contributed by atoms with Gasteiger partial charge in [-0.2, -0.15) is 0 Å². The van der Waals surface area contributed by atoms with Crippen LogP contribution in [-0.2, 0) is 24.3 Å². The van der Waals surface area contributed by atoms with Crippen molar-refractivity contribution in [3.8, 4) is 0 Å². The summed E-state index contributed by atoms with van der Waals surface area (Å²) in [5.41, 5.74) is 0.0657. The van der Waals surface area contributed by atoms with Crippen LogP contribution >= 0.6 is 0 Å². The second kappa shape index (κ2) is 8.22. The minimum atomic E-state index is -3.74. The largest absolute Gasteiger partial charge is 0.444 e. The molecule has 1 aromatic carbocycles. The van der Waals surface area contributed by atoms with E-state index in [9.17, 15) is 13.2 Å². The summed E-state index contributed by atoms with van der Waals surface area (Å²) in [4.78, 5) is 21.7. The Morgan fingerprint density at radius 3 is 2.41 bits per heavy atom. The Balaban J connectivity index is 1.49. The number of carbonyl (C=O) groups excluding carboxylic acids is 1.